The van der Waals surface area contributed by atoms with Gasteiger partial charge in [0.2, 0.25) is 5.91 Å². The van der Waals surface area contributed by atoms with Gasteiger partial charge in [-0.05, 0) is 29.8 Å². The van der Waals surface area contributed by atoms with Gasteiger partial charge in [-0.3, -0.25) is 14.5 Å². The molecule has 176 valence electrons. The maximum absolute atomic E-state index is 13.4. The highest BCUT2D eigenvalue weighted by atomic mass is 19.1. The van der Waals surface area contributed by atoms with Crippen LogP contribution in [-0.2, 0) is 9.59 Å². The van der Waals surface area contributed by atoms with E-state index in [2.05, 4.69) is 15.2 Å². The zero-order chi connectivity index (χ0) is 23.8. The zero-order valence-corrected chi connectivity index (χ0v) is 18.8. The quantitative estimate of drug-likeness (QED) is 0.738. The molecule has 1 fully saturated rings. The summed E-state index contributed by atoms with van der Waals surface area (Å²) < 4.78 is 13.4. The third kappa shape index (κ3) is 3.95. The SMILES string of the molecule is CN1C(=O)N[C@@H](c2ccc(F)cc2)C2=C1CN(CC(=O)N1CCN(c3ccccn3)CC1)C2=O. The van der Waals surface area contributed by atoms with Gasteiger partial charge in [0.25, 0.3) is 5.91 Å². The standard InChI is InChI=1S/C24H25FN6O3/c1-28-18-14-31(15-20(32)30-12-10-29(11-13-30)19-4-2-3-9-26-19)23(33)21(18)22(27-24(28)34)16-5-7-17(25)8-6-16/h2-9,22H,10-15H2,1H3,(H,27,34)/t22-/m0/s1. The van der Waals surface area contributed by atoms with Crippen molar-refractivity contribution in [2.75, 3.05) is 51.2 Å². The van der Waals surface area contributed by atoms with Crippen molar-refractivity contribution < 1.29 is 18.8 Å². The summed E-state index contributed by atoms with van der Waals surface area (Å²) in [5.74, 6) is 0.0596. The summed E-state index contributed by atoms with van der Waals surface area (Å²) >= 11 is 0. The molecular formula is C24H25FN6O3. The summed E-state index contributed by atoms with van der Waals surface area (Å²) in [6.07, 6.45) is 1.75. The van der Waals surface area contributed by atoms with Crippen molar-refractivity contribution in [3.05, 3.63) is 71.3 Å². The molecule has 0 saturated carbocycles. The van der Waals surface area contributed by atoms with Crippen LogP contribution in [0.1, 0.15) is 11.6 Å². The lowest BCUT2D eigenvalue weighted by Crippen LogP contribution is -2.51. The number of nitrogens with one attached hydrogen (secondary N) is 1. The molecule has 4 heterocycles. The van der Waals surface area contributed by atoms with Gasteiger partial charge in [0.05, 0.1) is 23.9 Å². The molecule has 0 spiro atoms. The number of urea groups is 1. The number of aromatic nitrogens is 1. The van der Waals surface area contributed by atoms with Gasteiger partial charge < -0.3 is 20.0 Å². The minimum absolute atomic E-state index is 0.0619. The summed E-state index contributed by atoms with van der Waals surface area (Å²) in [5, 5.41) is 2.81. The van der Waals surface area contributed by atoms with Crippen molar-refractivity contribution in [2.24, 2.45) is 0 Å². The summed E-state index contributed by atoms with van der Waals surface area (Å²) in [4.78, 5) is 50.0. The summed E-state index contributed by atoms with van der Waals surface area (Å²) in [6.45, 7) is 2.53. The Balaban J connectivity index is 1.27. The Labute approximate surface area is 196 Å². The second kappa shape index (κ2) is 8.77. The van der Waals surface area contributed by atoms with E-state index in [0.29, 0.717) is 43.0 Å². The second-order valence-electron chi connectivity index (χ2n) is 8.57. The van der Waals surface area contributed by atoms with E-state index in [1.165, 1.54) is 21.9 Å². The minimum atomic E-state index is -0.686. The molecule has 1 aromatic carbocycles. The van der Waals surface area contributed by atoms with Crippen molar-refractivity contribution in [1.29, 1.82) is 0 Å². The van der Waals surface area contributed by atoms with Gasteiger partial charge in [-0.2, -0.15) is 0 Å². The number of benzene rings is 1. The van der Waals surface area contributed by atoms with Gasteiger partial charge in [-0.15, -0.1) is 0 Å². The van der Waals surface area contributed by atoms with Gasteiger partial charge >= 0.3 is 6.03 Å². The topological polar surface area (TPSA) is 89.1 Å². The lowest BCUT2D eigenvalue weighted by atomic mass is 9.96. The Hall–Kier alpha value is -3.95. The monoisotopic (exact) mass is 464 g/mol. The first-order valence-corrected chi connectivity index (χ1v) is 11.2. The average Bonchev–Trinajstić information content (AvgIpc) is 3.18. The molecular weight excluding hydrogens is 439 g/mol. The highest BCUT2D eigenvalue weighted by Crippen LogP contribution is 2.35. The Morgan fingerprint density at radius 2 is 1.82 bits per heavy atom. The molecule has 2 aromatic rings. The van der Waals surface area contributed by atoms with Crippen LogP contribution < -0.4 is 10.2 Å². The van der Waals surface area contributed by atoms with E-state index in [9.17, 15) is 18.8 Å². The number of carbonyl (C=O) groups excluding carboxylic acids is 3. The van der Waals surface area contributed by atoms with Crippen molar-refractivity contribution in [3.63, 3.8) is 0 Å². The van der Waals surface area contributed by atoms with Gasteiger partial charge in [-0.1, -0.05) is 18.2 Å². The van der Waals surface area contributed by atoms with Crippen molar-refractivity contribution >= 4 is 23.7 Å². The Bertz CT molecular complexity index is 1150. The second-order valence-corrected chi connectivity index (χ2v) is 8.57. The first kappa shape index (κ1) is 21.9. The molecule has 1 saturated heterocycles. The van der Waals surface area contributed by atoms with Gasteiger partial charge in [0.1, 0.15) is 18.2 Å². The smallest absolute Gasteiger partial charge is 0.322 e. The minimum Gasteiger partial charge on any atom is -0.353 e. The van der Waals surface area contributed by atoms with Crippen molar-refractivity contribution in [2.45, 2.75) is 6.04 Å². The number of hydrogen-bond donors (Lipinski definition) is 1. The summed E-state index contributed by atoms with van der Waals surface area (Å²) in [6, 6.07) is 10.4. The molecule has 0 radical (unpaired) electrons. The third-order valence-corrected chi connectivity index (χ3v) is 6.57. The molecule has 0 bridgehead atoms. The number of amides is 4. The lowest BCUT2D eigenvalue weighted by molar-refractivity contribution is -0.137. The van der Waals surface area contributed by atoms with Crippen LogP contribution in [0.2, 0.25) is 0 Å². The lowest BCUT2D eigenvalue weighted by Gasteiger charge is -2.36. The van der Waals surface area contributed by atoms with Crippen LogP contribution in [0.15, 0.2) is 59.9 Å². The molecule has 9 nitrogen and oxygen atoms in total. The molecule has 1 atom stereocenters. The molecule has 10 heteroatoms. The largest absolute Gasteiger partial charge is 0.353 e. The average molecular weight is 465 g/mol. The number of nitrogens with zero attached hydrogens (tertiary/aromatic N) is 5. The predicted molar refractivity (Wildman–Crippen MR) is 122 cm³/mol. The molecule has 34 heavy (non-hydrogen) atoms. The van der Waals surface area contributed by atoms with Crippen molar-refractivity contribution in [1.82, 2.24) is 25.0 Å². The van der Waals surface area contributed by atoms with E-state index in [-0.39, 0.29) is 30.9 Å². The van der Waals surface area contributed by atoms with Crippen LogP contribution in [-0.4, -0.2) is 83.8 Å². The Morgan fingerprint density at radius 3 is 2.50 bits per heavy atom. The fraction of sp³-hybridized carbons (Fsp3) is 0.333. The number of hydrogen-bond acceptors (Lipinski definition) is 5. The number of halogens is 1. The normalized spacial score (nSPS) is 20.6. The maximum atomic E-state index is 13.4. The highest BCUT2D eigenvalue weighted by molar-refractivity contribution is 6.02. The molecule has 1 N–H and O–H groups in total. The van der Waals surface area contributed by atoms with Gasteiger partial charge in [-0.25, -0.2) is 14.2 Å². The van der Waals surface area contributed by atoms with E-state index >= 15 is 0 Å². The number of pyridine rings is 1. The zero-order valence-electron chi connectivity index (χ0n) is 18.8. The Morgan fingerprint density at radius 1 is 1.09 bits per heavy atom. The van der Waals surface area contributed by atoms with Crippen LogP contribution >= 0.6 is 0 Å². The Kier molecular flexibility index (Phi) is 5.64. The number of anilines is 1. The predicted octanol–water partition coefficient (Wildman–Crippen LogP) is 1.36. The molecule has 0 aliphatic carbocycles. The maximum Gasteiger partial charge on any atom is 0.322 e. The van der Waals surface area contributed by atoms with E-state index < -0.39 is 11.9 Å². The van der Waals surface area contributed by atoms with Crippen molar-refractivity contribution in [3.8, 4) is 0 Å². The van der Waals surface area contributed by atoms with E-state index in [1.54, 1.807) is 30.3 Å². The van der Waals surface area contributed by atoms with Crippen LogP contribution in [0, 0.1) is 5.82 Å². The first-order chi connectivity index (χ1) is 16.4. The van der Waals surface area contributed by atoms with Gasteiger partial charge in [0, 0.05) is 39.4 Å². The molecule has 3 aliphatic rings. The first-order valence-electron chi connectivity index (χ1n) is 11.2. The van der Waals surface area contributed by atoms with Crippen LogP contribution in [0.25, 0.3) is 0 Å². The van der Waals surface area contributed by atoms with E-state index in [4.69, 9.17) is 0 Å². The summed E-state index contributed by atoms with van der Waals surface area (Å²) in [7, 11) is 1.60. The van der Waals surface area contributed by atoms with E-state index in [1.807, 2.05) is 18.2 Å². The van der Waals surface area contributed by atoms with E-state index in [0.717, 1.165) is 5.82 Å². The number of piperazine rings is 1. The van der Waals surface area contributed by atoms with Gasteiger partial charge in [0.15, 0.2) is 0 Å². The third-order valence-electron chi connectivity index (χ3n) is 6.57. The number of likely N-dealkylation sites (N-methyl/N-ethyl adjacent to an activating group) is 1. The summed E-state index contributed by atoms with van der Waals surface area (Å²) in [5.41, 5.74) is 1.60. The molecule has 0 unspecified atom stereocenters. The molecule has 3 aliphatic heterocycles. The molecule has 4 amide bonds. The highest BCUT2D eigenvalue weighted by Gasteiger charge is 2.43. The van der Waals surface area contributed by atoms with Crippen LogP contribution in [0.4, 0.5) is 15.0 Å². The fourth-order valence-corrected chi connectivity index (χ4v) is 4.65. The molecule has 5 rings (SSSR count). The number of carbonyl (C=O) groups is 3. The fourth-order valence-electron chi connectivity index (χ4n) is 4.65. The van der Waals surface area contributed by atoms with Crippen LogP contribution in [0.5, 0.6) is 0 Å². The van der Waals surface area contributed by atoms with Crippen LogP contribution in [0.3, 0.4) is 0 Å². The number of rotatable bonds is 4. The molecule has 1 aromatic heterocycles.